The Morgan fingerprint density at radius 1 is 1.31 bits per heavy atom. The summed E-state index contributed by atoms with van der Waals surface area (Å²) in [5, 5.41) is 12.2. The van der Waals surface area contributed by atoms with Crippen molar-refractivity contribution in [2.45, 2.75) is 39.3 Å². The molecular weight excluding hydrogens is 334 g/mol. The highest BCUT2D eigenvalue weighted by Gasteiger charge is 2.28. The van der Waals surface area contributed by atoms with E-state index in [1.165, 1.54) is 0 Å². The molecule has 0 aliphatic carbocycles. The average molecular weight is 353 g/mol. The molecule has 1 amide bonds. The molecule has 0 spiro atoms. The van der Waals surface area contributed by atoms with Crippen LogP contribution in [0.2, 0.25) is 0 Å². The van der Waals surface area contributed by atoms with Crippen molar-refractivity contribution in [3.63, 3.8) is 0 Å². The van der Waals surface area contributed by atoms with E-state index < -0.39 is 0 Å². The SMILES string of the molecule is Cc1nnc2n1[C@H](C)CN(C(=O)CCc1nc(-c3ccncc3)no1)C2. The molecule has 0 saturated heterocycles. The predicted molar refractivity (Wildman–Crippen MR) is 90.7 cm³/mol. The number of aromatic nitrogens is 6. The van der Waals surface area contributed by atoms with E-state index in [4.69, 9.17) is 4.52 Å². The largest absolute Gasteiger partial charge is 0.339 e. The van der Waals surface area contributed by atoms with Crippen LogP contribution in [0.5, 0.6) is 0 Å². The molecule has 0 N–H and O–H groups in total. The van der Waals surface area contributed by atoms with E-state index in [-0.39, 0.29) is 11.9 Å². The fourth-order valence-electron chi connectivity index (χ4n) is 3.27. The molecule has 3 aromatic heterocycles. The number of carbonyl (C=O) groups excluding carboxylic acids is 1. The van der Waals surface area contributed by atoms with Gasteiger partial charge in [0, 0.05) is 37.3 Å². The van der Waals surface area contributed by atoms with Crippen LogP contribution in [-0.4, -0.2) is 47.2 Å². The number of hydrogen-bond donors (Lipinski definition) is 0. The van der Waals surface area contributed by atoms with Crippen molar-refractivity contribution >= 4 is 5.91 Å². The van der Waals surface area contributed by atoms with Crippen molar-refractivity contribution in [3.8, 4) is 11.4 Å². The Hall–Kier alpha value is -3.10. The summed E-state index contributed by atoms with van der Waals surface area (Å²) in [6, 6.07) is 3.79. The molecule has 0 radical (unpaired) electrons. The molecule has 0 aromatic carbocycles. The number of hydrogen-bond acceptors (Lipinski definition) is 7. The topological polar surface area (TPSA) is 103 Å². The highest BCUT2D eigenvalue weighted by molar-refractivity contribution is 5.76. The Labute approximate surface area is 150 Å². The van der Waals surface area contributed by atoms with E-state index in [1.54, 1.807) is 12.4 Å². The molecule has 26 heavy (non-hydrogen) atoms. The second-order valence-corrected chi connectivity index (χ2v) is 6.40. The first-order valence-corrected chi connectivity index (χ1v) is 8.53. The van der Waals surface area contributed by atoms with Gasteiger partial charge in [0.05, 0.1) is 12.6 Å². The molecular formula is C17H19N7O2. The summed E-state index contributed by atoms with van der Waals surface area (Å²) in [5.74, 6) is 2.72. The lowest BCUT2D eigenvalue weighted by Crippen LogP contribution is -2.40. The zero-order valence-electron chi connectivity index (χ0n) is 14.7. The summed E-state index contributed by atoms with van der Waals surface area (Å²) in [6.45, 7) is 5.13. The maximum Gasteiger partial charge on any atom is 0.227 e. The highest BCUT2D eigenvalue weighted by atomic mass is 16.5. The van der Waals surface area contributed by atoms with Crippen molar-refractivity contribution in [1.82, 2.24) is 34.8 Å². The monoisotopic (exact) mass is 353 g/mol. The van der Waals surface area contributed by atoms with Crippen LogP contribution in [0.4, 0.5) is 0 Å². The third-order valence-corrected chi connectivity index (χ3v) is 4.51. The lowest BCUT2D eigenvalue weighted by atomic mass is 10.2. The predicted octanol–water partition coefficient (Wildman–Crippen LogP) is 1.57. The molecule has 0 fully saturated rings. The summed E-state index contributed by atoms with van der Waals surface area (Å²) in [5.41, 5.74) is 0.834. The first-order valence-electron chi connectivity index (χ1n) is 8.53. The van der Waals surface area contributed by atoms with Crippen molar-refractivity contribution in [2.75, 3.05) is 6.54 Å². The standard InChI is InChI=1S/C17H19N7O2/c1-11-9-23(10-14-21-20-12(2)24(11)14)16(25)4-3-15-19-17(22-26-15)13-5-7-18-8-6-13/h5-8,11H,3-4,9-10H2,1-2H3/t11-/m1/s1. The zero-order chi connectivity index (χ0) is 18.1. The van der Waals surface area contributed by atoms with Crippen LogP contribution < -0.4 is 0 Å². The van der Waals surface area contributed by atoms with E-state index in [9.17, 15) is 4.79 Å². The Morgan fingerprint density at radius 3 is 2.92 bits per heavy atom. The molecule has 1 aliphatic heterocycles. The number of aryl methyl sites for hydroxylation is 2. The van der Waals surface area contributed by atoms with Crippen molar-refractivity contribution < 1.29 is 9.32 Å². The average Bonchev–Trinajstić information content (AvgIpc) is 3.27. The molecule has 0 saturated carbocycles. The van der Waals surface area contributed by atoms with E-state index in [0.29, 0.717) is 37.6 Å². The number of pyridine rings is 1. The molecule has 1 aliphatic rings. The molecule has 3 aromatic rings. The van der Waals surface area contributed by atoms with Crippen molar-refractivity contribution in [1.29, 1.82) is 0 Å². The molecule has 4 heterocycles. The second-order valence-electron chi connectivity index (χ2n) is 6.40. The number of nitrogens with zero attached hydrogens (tertiary/aromatic N) is 7. The number of amides is 1. The lowest BCUT2D eigenvalue weighted by molar-refractivity contribution is -0.133. The van der Waals surface area contributed by atoms with Gasteiger partial charge in [-0.1, -0.05) is 5.16 Å². The number of rotatable bonds is 4. The summed E-state index contributed by atoms with van der Waals surface area (Å²) in [7, 11) is 0. The van der Waals surface area contributed by atoms with Gasteiger partial charge in [0.2, 0.25) is 17.6 Å². The van der Waals surface area contributed by atoms with Crippen LogP contribution in [0.15, 0.2) is 29.0 Å². The van der Waals surface area contributed by atoms with Gasteiger partial charge < -0.3 is 14.0 Å². The minimum atomic E-state index is 0.0485. The van der Waals surface area contributed by atoms with Gasteiger partial charge in [-0.25, -0.2) is 0 Å². The first-order chi connectivity index (χ1) is 12.6. The maximum absolute atomic E-state index is 12.6. The van der Waals surface area contributed by atoms with E-state index in [0.717, 1.165) is 17.2 Å². The molecule has 9 heteroatoms. The minimum Gasteiger partial charge on any atom is -0.339 e. The number of carbonyl (C=O) groups is 1. The molecule has 1 atom stereocenters. The van der Waals surface area contributed by atoms with Gasteiger partial charge in [-0.05, 0) is 26.0 Å². The third-order valence-electron chi connectivity index (χ3n) is 4.51. The zero-order valence-corrected chi connectivity index (χ0v) is 14.7. The highest BCUT2D eigenvalue weighted by Crippen LogP contribution is 2.22. The van der Waals surface area contributed by atoms with Gasteiger partial charge >= 0.3 is 0 Å². The summed E-state index contributed by atoms with van der Waals surface area (Å²) in [6.07, 6.45) is 4.07. The Bertz CT molecular complexity index is 918. The minimum absolute atomic E-state index is 0.0485. The van der Waals surface area contributed by atoms with Gasteiger partial charge in [0.1, 0.15) is 5.82 Å². The third kappa shape index (κ3) is 3.07. The van der Waals surface area contributed by atoms with E-state index in [2.05, 4.69) is 36.8 Å². The van der Waals surface area contributed by atoms with Crippen molar-refractivity contribution in [3.05, 3.63) is 42.1 Å². The van der Waals surface area contributed by atoms with Crippen molar-refractivity contribution in [2.24, 2.45) is 0 Å². The Balaban J connectivity index is 1.38. The van der Waals surface area contributed by atoms with E-state index in [1.807, 2.05) is 24.0 Å². The van der Waals surface area contributed by atoms with Crippen LogP contribution in [0.25, 0.3) is 11.4 Å². The smallest absolute Gasteiger partial charge is 0.227 e. The summed E-state index contributed by atoms with van der Waals surface area (Å²) in [4.78, 5) is 22.7. The van der Waals surface area contributed by atoms with Crippen LogP contribution in [0, 0.1) is 6.92 Å². The normalized spacial score (nSPS) is 16.5. The van der Waals surface area contributed by atoms with Crippen LogP contribution in [0.1, 0.15) is 36.9 Å². The fourth-order valence-corrected chi connectivity index (χ4v) is 3.27. The van der Waals surface area contributed by atoms with Gasteiger partial charge in [-0.3, -0.25) is 9.78 Å². The molecule has 4 rings (SSSR count). The van der Waals surface area contributed by atoms with Gasteiger partial charge in [-0.15, -0.1) is 10.2 Å². The molecule has 0 unspecified atom stereocenters. The summed E-state index contributed by atoms with van der Waals surface area (Å²) >= 11 is 0. The lowest BCUT2D eigenvalue weighted by Gasteiger charge is -2.32. The van der Waals surface area contributed by atoms with Gasteiger partial charge in [0.15, 0.2) is 5.82 Å². The molecule has 134 valence electrons. The van der Waals surface area contributed by atoms with E-state index >= 15 is 0 Å². The fraction of sp³-hybridized carbons (Fsp3) is 0.412. The van der Waals surface area contributed by atoms with Crippen LogP contribution in [0.3, 0.4) is 0 Å². The van der Waals surface area contributed by atoms with Gasteiger partial charge in [0.25, 0.3) is 0 Å². The van der Waals surface area contributed by atoms with Gasteiger partial charge in [-0.2, -0.15) is 4.98 Å². The molecule has 0 bridgehead atoms. The Kier molecular flexibility index (Phi) is 4.19. The number of fused-ring (bicyclic) bond motifs is 1. The first kappa shape index (κ1) is 16.4. The van der Waals surface area contributed by atoms with Crippen LogP contribution in [-0.2, 0) is 17.8 Å². The Morgan fingerprint density at radius 2 is 2.12 bits per heavy atom. The second kappa shape index (κ2) is 6.66. The quantitative estimate of drug-likeness (QED) is 0.701. The summed E-state index contributed by atoms with van der Waals surface area (Å²) < 4.78 is 7.34. The van der Waals surface area contributed by atoms with Crippen LogP contribution >= 0.6 is 0 Å². The maximum atomic E-state index is 12.6. The molecule has 9 nitrogen and oxygen atoms in total.